The molecule has 0 aliphatic rings. The Hall–Kier alpha value is -3.02. The van der Waals surface area contributed by atoms with Crippen LogP contribution >= 0.6 is 0 Å². The number of anilines is 1. The van der Waals surface area contributed by atoms with Gasteiger partial charge >= 0.3 is 0 Å². The van der Waals surface area contributed by atoms with Crippen LogP contribution in [0, 0.1) is 0 Å². The molecular weight excluding hydrogens is 278 g/mol. The highest BCUT2D eigenvalue weighted by molar-refractivity contribution is 6.02. The fourth-order valence-electron chi connectivity index (χ4n) is 2.04. The van der Waals surface area contributed by atoms with Crippen LogP contribution in [0.5, 0.6) is 5.75 Å². The van der Waals surface area contributed by atoms with E-state index in [4.69, 9.17) is 16.2 Å². The summed E-state index contributed by atoms with van der Waals surface area (Å²) < 4.78 is 5.37. The van der Waals surface area contributed by atoms with Crippen LogP contribution in [0.2, 0.25) is 0 Å². The van der Waals surface area contributed by atoms with E-state index in [0.717, 1.165) is 17.0 Å². The van der Waals surface area contributed by atoms with Gasteiger partial charge in [0.05, 0.1) is 24.2 Å². The molecule has 0 saturated carbocycles. The van der Waals surface area contributed by atoms with Crippen molar-refractivity contribution in [1.29, 1.82) is 0 Å². The summed E-state index contributed by atoms with van der Waals surface area (Å²) in [6.45, 7) is 3.63. The summed E-state index contributed by atoms with van der Waals surface area (Å²) in [5.74, 6) is 1.87. The summed E-state index contributed by atoms with van der Waals surface area (Å²) in [6, 6.07) is 11.3. The molecule has 6 heteroatoms. The molecule has 0 spiro atoms. The first-order valence-electron chi connectivity index (χ1n) is 6.65. The second-order valence-corrected chi connectivity index (χ2v) is 4.55. The number of aromatic nitrogens is 1. The van der Waals surface area contributed by atoms with Crippen LogP contribution in [0.3, 0.4) is 0 Å². The first kappa shape index (κ1) is 15.4. The van der Waals surface area contributed by atoms with Crippen molar-refractivity contribution >= 4 is 11.7 Å². The Balaban J connectivity index is 2.57. The Kier molecular flexibility index (Phi) is 4.63. The van der Waals surface area contributed by atoms with Crippen molar-refractivity contribution in [3.8, 4) is 17.0 Å². The number of nitrogens with zero attached hydrogens (tertiary/aromatic N) is 2. The SMILES string of the molecule is C=C(N)Nc1nc(-c2ccccc2OC)ccc1C(N)=NC. The Morgan fingerprint density at radius 1 is 1.23 bits per heavy atom. The zero-order chi connectivity index (χ0) is 16.1. The van der Waals surface area contributed by atoms with Gasteiger partial charge in [0.25, 0.3) is 0 Å². The number of methoxy groups -OCH3 is 1. The molecule has 0 aliphatic carbocycles. The minimum absolute atomic E-state index is 0.273. The molecule has 0 radical (unpaired) electrons. The molecule has 0 unspecified atom stereocenters. The smallest absolute Gasteiger partial charge is 0.143 e. The first-order valence-corrected chi connectivity index (χ1v) is 6.65. The van der Waals surface area contributed by atoms with Crippen molar-refractivity contribution < 1.29 is 4.74 Å². The van der Waals surface area contributed by atoms with Gasteiger partial charge in [0.2, 0.25) is 0 Å². The molecule has 0 amide bonds. The predicted molar refractivity (Wildman–Crippen MR) is 89.8 cm³/mol. The molecule has 0 saturated heterocycles. The Morgan fingerprint density at radius 3 is 2.59 bits per heavy atom. The third-order valence-electron chi connectivity index (χ3n) is 3.07. The van der Waals surface area contributed by atoms with E-state index in [1.165, 1.54) is 0 Å². The third kappa shape index (κ3) is 3.17. The summed E-state index contributed by atoms with van der Waals surface area (Å²) >= 11 is 0. The molecule has 6 nitrogen and oxygen atoms in total. The quantitative estimate of drug-likeness (QED) is 0.578. The second-order valence-electron chi connectivity index (χ2n) is 4.55. The Bertz CT molecular complexity index is 724. The van der Waals surface area contributed by atoms with E-state index in [9.17, 15) is 0 Å². The van der Waals surface area contributed by atoms with Crippen LogP contribution in [0.25, 0.3) is 11.3 Å². The predicted octanol–water partition coefficient (Wildman–Crippen LogP) is 1.93. The molecule has 2 aromatic rings. The average molecular weight is 297 g/mol. The number of pyridine rings is 1. The maximum Gasteiger partial charge on any atom is 0.143 e. The monoisotopic (exact) mass is 297 g/mol. The lowest BCUT2D eigenvalue weighted by Crippen LogP contribution is -2.18. The molecule has 0 atom stereocenters. The standard InChI is InChI=1S/C16H19N5O/c1-10(17)20-16-12(15(18)19-2)8-9-13(21-16)11-6-4-5-7-14(11)22-3/h4-9H,1,17H2,2-3H3,(H2,18,19)(H,20,21). The summed E-state index contributed by atoms with van der Waals surface area (Å²) in [5.41, 5.74) is 13.8. The fourth-order valence-corrected chi connectivity index (χ4v) is 2.04. The van der Waals surface area contributed by atoms with Gasteiger partial charge in [-0.25, -0.2) is 4.98 Å². The molecule has 22 heavy (non-hydrogen) atoms. The highest BCUT2D eigenvalue weighted by atomic mass is 16.5. The van der Waals surface area contributed by atoms with Gasteiger partial charge in [-0.1, -0.05) is 18.7 Å². The van der Waals surface area contributed by atoms with E-state index in [0.29, 0.717) is 17.2 Å². The number of nitrogens with one attached hydrogen (secondary N) is 1. The summed E-state index contributed by atoms with van der Waals surface area (Å²) in [6.07, 6.45) is 0. The van der Waals surface area contributed by atoms with Gasteiger partial charge in [0.1, 0.15) is 17.4 Å². The van der Waals surface area contributed by atoms with Crippen LogP contribution in [0.1, 0.15) is 5.56 Å². The van der Waals surface area contributed by atoms with Gasteiger partial charge in [-0.05, 0) is 24.3 Å². The molecule has 0 fully saturated rings. The van der Waals surface area contributed by atoms with Crippen molar-refractivity contribution in [3.63, 3.8) is 0 Å². The van der Waals surface area contributed by atoms with Gasteiger partial charge in [-0.3, -0.25) is 4.99 Å². The molecule has 1 aromatic carbocycles. The minimum atomic E-state index is 0.273. The van der Waals surface area contributed by atoms with Crippen molar-refractivity contribution in [2.24, 2.45) is 16.5 Å². The summed E-state index contributed by atoms with van der Waals surface area (Å²) in [5, 5.41) is 2.91. The lowest BCUT2D eigenvalue weighted by molar-refractivity contribution is 0.416. The topological polar surface area (TPSA) is 98.5 Å². The van der Waals surface area contributed by atoms with Gasteiger partial charge in [0, 0.05) is 12.6 Å². The number of hydrogen-bond donors (Lipinski definition) is 3. The van der Waals surface area contributed by atoms with E-state index in [2.05, 4.69) is 21.9 Å². The molecule has 1 heterocycles. The number of amidine groups is 1. The third-order valence-corrected chi connectivity index (χ3v) is 3.07. The number of ether oxygens (including phenoxy) is 1. The van der Waals surface area contributed by atoms with Crippen molar-refractivity contribution in [3.05, 3.63) is 54.4 Å². The van der Waals surface area contributed by atoms with Crippen molar-refractivity contribution in [2.45, 2.75) is 0 Å². The highest BCUT2D eigenvalue weighted by Crippen LogP contribution is 2.30. The van der Waals surface area contributed by atoms with Crippen LogP contribution in [0.4, 0.5) is 5.82 Å². The van der Waals surface area contributed by atoms with Crippen molar-refractivity contribution in [1.82, 2.24) is 4.98 Å². The lowest BCUT2D eigenvalue weighted by Gasteiger charge is -2.13. The van der Waals surface area contributed by atoms with Crippen molar-refractivity contribution in [2.75, 3.05) is 19.5 Å². The molecule has 2 rings (SSSR count). The minimum Gasteiger partial charge on any atom is -0.496 e. The van der Waals surface area contributed by atoms with E-state index in [1.807, 2.05) is 36.4 Å². The number of nitrogens with two attached hydrogens (primary N) is 2. The molecule has 5 N–H and O–H groups in total. The lowest BCUT2D eigenvalue weighted by atomic mass is 10.1. The largest absolute Gasteiger partial charge is 0.496 e. The average Bonchev–Trinajstić information content (AvgIpc) is 2.53. The van der Waals surface area contributed by atoms with Crippen LogP contribution < -0.4 is 21.5 Å². The normalized spacial score (nSPS) is 11.1. The van der Waals surface area contributed by atoms with Crippen LogP contribution in [-0.4, -0.2) is 25.0 Å². The van der Waals surface area contributed by atoms with E-state index >= 15 is 0 Å². The van der Waals surface area contributed by atoms with Crippen LogP contribution in [-0.2, 0) is 0 Å². The number of benzene rings is 1. The Labute approximate surface area is 129 Å². The van der Waals surface area contributed by atoms with Gasteiger partial charge in [-0.2, -0.15) is 0 Å². The highest BCUT2D eigenvalue weighted by Gasteiger charge is 2.12. The van der Waals surface area contributed by atoms with E-state index in [-0.39, 0.29) is 5.82 Å². The zero-order valence-electron chi connectivity index (χ0n) is 12.6. The summed E-state index contributed by atoms with van der Waals surface area (Å²) in [4.78, 5) is 8.55. The fraction of sp³-hybridized carbons (Fsp3) is 0.125. The molecule has 0 bridgehead atoms. The molecule has 114 valence electrons. The summed E-state index contributed by atoms with van der Waals surface area (Å²) in [7, 11) is 3.24. The maximum absolute atomic E-state index is 5.89. The van der Waals surface area contributed by atoms with Gasteiger partial charge in [0.15, 0.2) is 0 Å². The van der Waals surface area contributed by atoms with E-state index in [1.54, 1.807) is 14.2 Å². The first-order chi connectivity index (χ1) is 10.6. The van der Waals surface area contributed by atoms with Gasteiger partial charge < -0.3 is 21.5 Å². The second kappa shape index (κ2) is 6.62. The zero-order valence-corrected chi connectivity index (χ0v) is 12.6. The maximum atomic E-state index is 5.89. The van der Waals surface area contributed by atoms with E-state index < -0.39 is 0 Å². The number of rotatable bonds is 5. The molecular formula is C16H19N5O. The molecule has 0 aliphatic heterocycles. The van der Waals surface area contributed by atoms with Gasteiger partial charge in [-0.15, -0.1) is 0 Å². The molecule has 1 aromatic heterocycles. The number of para-hydroxylation sites is 1. The number of hydrogen-bond acceptors (Lipinski definition) is 5. The Morgan fingerprint density at radius 2 is 1.95 bits per heavy atom. The van der Waals surface area contributed by atoms with Crippen LogP contribution in [0.15, 0.2) is 53.8 Å². The number of aliphatic imine (C=N–C) groups is 1.